The van der Waals surface area contributed by atoms with E-state index in [-0.39, 0.29) is 18.4 Å². The highest BCUT2D eigenvalue weighted by Gasteiger charge is 2.24. The lowest BCUT2D eigenvalue weighted by Gasteiger charge is -2.28. The number of carbonyl (C=O) groups excluding carboxylic acids is 2. The molecule has 0 saturated carbocycles. The molecule has 1 aromatic heterocycles. The Balaban J connectivity index is 1.56. The van der Waals surface area contributed by atoms with Gasteiger partial charge in [-0.3, -0.25) is 9.59 Å². The number of nitrogens with zero attached hydrogens (tertiary/aromatic N) is 2. The number of anilines is 4. The number of carbonyl (C=O) groups is 2. The standard InChI is InChI=1S/C21H20N4O3S/c1-3-25-18-9-14(7-8-19(18)28-11-20(25)27)17-12-29-21(24-17)23-16-6-4-5-15(10-16)22-13(2)26/h4-10,12H,3,11H2,1-2H3,(H,22,26)(H,23,24). The average Bonchev–Trinajstić information content (AvgIpc) is 3.15. The summed E-state index contributed by atoms with van der Waals surface area (Å²) in [6, 6.07) is 13.2. The van der Waals surface area contributed by atoms with Gasteiger partial charge < -0.3 is 20.3 Å². The number of benzene rings is 2. The van der Waals surface area contributed by atoms with Gasteiger partial charge in [-0.25, -0.2) is 4.98 Å². The first kappa shape index (κ1) is 18.9. The summed E-state index contributed by atoms with van der Waals surface area (Å²) in [4.78, 5) is 29.7. The maximum absolute atomic E-state index is 12.1. The van der Waals surface area contributed by atoms with Crippen LogP contribution >= 0.6 is 11.3 Å². The molecule has 3 aromatic rings. The SMILES string of the molecule is CCN1C(=O)COc2ccc(-c3csc(Nc4cccc(NC(C)=O)c4)n3)cc21. The molecular formula is C21H20N4O3S. The highest BCUT2D eigenvalue weighted by molar-refractivity contribution is 7.14. The van der Waals surface area contributed by atoms with Gasteiger partial charge in [0.15, 0.2) is 11.7 Å². The van der Waals surface area contributed by atoms with E-state index in [4.69, 9.17) is 4.74 Å². The van der Waals surface area contributed by atoms with Crippen LogP contribution in [0, 0.1) is 0 Å². The fraction of sp³-hybridized carbons (Fsp3) is 0.190. The number of aromatic nitrogens is 1. The van der Waals surface area contributed by atoms with Crippen LogP contribution in [0.15, 0.2) is 47.8 Å². The summed E-state index contributed by atoms with van der Waals surface area (Å²) in [5.41, 5.74) is 4.05. The van der Waals surface area contributed by atoms with Crippen molar-refractivity contribution in [2.24, 2.45) is 0 Å². The monoisotopic (exact) mass is 408 g/mol. The fourth-order valence-corrected chi connectivity index (χ4v) is 3.91. The van der Waals surface area contributed by atoms with Crippen molar-refractivity contribution in [1.82, 2.24) is 4.98 Å². The normalized spacial score (nSPS) is 12.9. The average molecular weight is 408 g/mol. The van der Waals surface area contributed by atoms with Crippen LogP contribution in [0.3, 0.4) is 0 Å². The molecule has 0 bridgehead atoms. The van der Waals surface area contributed by atoms with Crippen LogP contribution in [0.1, 0.15) is 13.8 Å². The first-order valence-corrected chi connectivity index (χ1v) is 10.1. The van der Waals surface area contributed by atoms with E-state index in [1.807, 2.05) is 54.8 Å². The van der Waals surface area contributed by atoms with Crippen molar-refractivity contribution < 1.29 is 14.3 Å². The second-order valence-electron chi connectivity index (χ2n) is 6.53. The molecule has 0 atom stereocenters. The second kappa shape index (κ2) is 7.92. The maximum atomic E-state index is 12.1. The summed E-state index contributed by atoms with van der Waals surface area (Å²) >= 11 is 1.48. The number of amides is 2. The van der Waals surface area contributed by atoms with Crippen LogP contribution in [0.25, 0.3) is 11.3 Å². The molecule has 0 radical (unpaired) electrons. The molecule has 148 valence electrons. The predicted octanol–water partition coefficient (Wildman–Crippen LogP) is 4.26. The Morgan fingerprint density at radius 2 is 2.07 bits per heavy atom. The van der Waals surface area contributed by atoms with E-state index in [0.717, 1.165) is 33.5 Å². The van der Waals surface area contributed by atoms with Gasteiger partial charge in [0.25, 0.3) is 5.91 Å². The molecule has 0 spiro atoms. The van der Waals surface area contributed by atoms with Crippen molar-refractivity contribution in [2.75, 3.05) is 28.7 Å². The minimum atomic E-state index is -0.116. The Kier molecular flexibility index (Phi) is 5.18. The van der Waals surface area contributed by atoms with E-state index in [9.17, 15) is 9.59 Å². The van der Waals surface area contributed by atoms with Gasteiger partial charge in [-0.1, -0.05) is 6.07 Å². The number of hydrogen-bond acceptors (Lipinski definition) is 6. The molecule has 2 aromatic carbocycles. The number of rotatable bonds is 5. The van der Waals surface area contributed by atoms with Crippen molar-refractivity contribution in [1.29, 1.82) is 0 Å². The van der Waals surface area contributed by atoms with E-state index in [2.05, 4.69) is 15.6 Å². The maximum Gasteiger partial charge on any atom is 0.265 e. The van der Waals surface area contributed by atoms with Crippen LogP contribution in [-0.2, 0) is 9.59 Å². The molecule has 0 aliphatic carbocycles. The number of likely N-dealkylation sites (N-methyl/N-ethyl adjacent to an activating group) is 1. The van der Waals surface area contributed by atoms with Gasteiger partial charge >= 0.3 is 0 Å². The summed E-state index contributed by atoms with van der Waals surface area (Å²) < 4.78 is 5.53. The molecule has 29 heavy (non-hydrogen) atoms. The Labute approximate surface area is 172 Å². The molecule has 2 amide bonds. The lowest BCUT2D eigenvalue weighted by molar-refractivity contribution is -0.121. The number of thiazole rings is 1. The molecule has 4 rings (SSSR count). The highest BCUT2D eigenvalue weighted by atomic mass is 32.1. The van der Waals surface area contributed by atoms with Gasteiger partial charge in [0.05, 0.1) is 11.4 Å². The van der Waals surface area contributed by atoms with Crippen LogP contribution in [0.2, 0.25) is 0 Å². The van der Waals surface area contributed by atoms with Crippen molar-refractivity contribution in [3.05, 3.63) is 47.8 Å². The lowest BCUT2D eigenvalue weighted by Crippen LogP contribution is -2.38. The minimum absolute atomic E-state index is 0.0446. The van der Waals surface area contributed by atoms with Crippen LogP contribution in [0.5, 0.6) is 5.75 Å². The van der Waals surface area contributed by atoms with Crippen molar-refractivity contribution in [2.45, 2.75) is 13.8 Å². The Morgan fingerprint density at radius 3 is 2.86 bits per heavy atom. The van der Waals surface area contributed by atoms with Gasteiger partial charge in [-0.15, -0.1) is 11.3 Å². The third kappa shape index (κ3) is 4.07. The Morgan fingerprint density at radius 1 is 1.24 bits per heavy atom. The third-order valence-corrected chi connectivity index (χ3v) is 5.21. The molecule has 0 fully saturated rings. The van der Waals surface area contributed by atoms with Crippen LogP contribution in [-0.4, -0.2) is 29.9 Å². The quantitative estimate of drug-likeness (QED) is 0.659. The van der Waals surface area contributed by atoms with Gasteiger partial charge in [-0.2, -0.15) is 0 Å². The number of nitrogens with one attached hydrogen (secondary N) is 2. The van der Waals surface area contributed by atoms with Crippen LogP contribution in [0.4, 0.5) is 22.2 Å². The van der Waals surface area contributed by atoms with Crippen molar-refractivity contribution >= 4 is 45.3 Å². The summed E-state index contributed by atoms with van der Waals surface area (Å²) in [5, 5.41) is 8.72. The van der Waals surface area contributed by atoms with Gasteiger partial charge in [0.2, 0.25) is 5.91 Å². The molecule has 1 aliphatic rings. The first-order chi connectivity index (χ1) is 14.0. The minimum Gasteiger partial charge on any atom is -0.482 e. The zero-order chi connectivity index (χ0) is 20.4. The lowest BCUT2D eigenvalue weighted by atomic mass is 10.1. The Hall–Kier alpha value is -3.39. The molecule has 1 aliphatic heterocycles. The largest absolute Gasteiger partial charge is 0.482 e. The summed E-state index contributed by atoms with van der Waals surface area (Å²) in [6.45, 7) is 4.08. The molecular weight excluding hydrogens is 388 g/mol. The van der Waals surface area contributed by atoms with Crippen molar-refractivity contribution in [3.63, 3.8) is 0 Å². The third-order valence-electron chi connectivity index (χ3n) is 4.45. The predicted molar refractivity (Wildman–Crippen MR) is 115 cm³/mol. The smallest absolute Gasteiger partial charge is 0.265 e. The molecule has 2 N–H and O–H groups in total. The van der Waals surface area contributed by atoms with E-state index >= 15 is 0 Å². The zero-order valence-electron chi connectivity index (χ0n) is 16.1. The molecule has 0 unspecified atom stereocenters. The first-order valence-electron chi connectivity index (χ1n) is 9.21. The number of ether oxygens (including phenoxy) is 1. The number of hydrogen-bond donors (Lipinski definition) is 2. The highest BCUT2D eigenvalue weighted by Crippen LogP contribution is 2.37. The Bertz CT molecular complexity index is 1080. The second-order valence-corrected chi connectivity index (χ2v) is 7.39. The van der Waals surface area contributed by atoms with Gasteiger partial charge in [0.1, 0.15) is 5.75 Å². The van der Waals surface area contributed by atoms with Crippen molar-refractivity contribution in [3.8, 4) is 17.0 Å². The van der Waals surface area contributed by atoms with E-state index in [1.165, 1.54) is 18.3 Å². The fourth-order valence-electron chi connectivity index (χ4n) is 3.17. The topological polar surface area (TPSA) is 83.6 Å². The summed E-state index contributed by atoms with van der Waals surface area (Å²) in [7, 11) is 0. The molecule has 8 heteroatoms. The molecule has 0 saturated heterocycles. The summed E-state index contributed by atoms with van der Waals surface area (Å²) in [6.07, 6.45) is 0. The van der Waals surface area contributed by atoms with E-state index in [1.54, 1.807) is 4.90 Å². The molecule has 7 nitrogen and oxygen atoms in total. The van der Waals surface area contributed by atoms with Gasteiger partial charge in [0, 0.05) is 35.8 Å². The zero-order valence-corrected chi connectivity index (χ0v) is 16.9. The molecule has 2 heterocycles. The summed E-state index contributed by atoms with van der Waals surface area (Å²) in [5.74, 6) is 0.546. The van der Waals surface area contributed by atoms with E-state index in [0.29, 0.717) is 12.3 Å². The van der Waals surface area contributed by atoms with E-state index < -0.39 is 0 Å². The van der Waals surface area contributed by atoms with Crippen LogP contribution < -0.4 is 20.3 Å². The van der Waals surface area contributed by atoms with Gasteiger partial charge in [-0.05, 0) is 43.3 Å². The number of fused-ring (bicyclic) bond motifs is 1.